The summed E-state index contributed by atoms with van der Waals surface area (Å²) in [4.78, 5) is 34.7. The molecule has 2 aromatic rings. The molecule has 0 aliphatic carbocycles. The lowest BCUT2D eigenvalue weighted by atomic mass is 9.76. The van der Waals surface area contributed by atoms with Crippen LogP contribution < -0.4 is 0 Å². The molecule has 26 heavy (non-hydrogen) atoms. The largest absolute Gasteiger partial charge is 0.505 e. The third-order valence-corrected chi connectivity index (χ3v) is 5.30. The van der Waals surface area contributed by atoms with Crippen molar-refractivity contribution < 1.29 is 19.4 Å². The number of amides is 1. The minimum absolute atomic E-state index is 0.0513. The van der Waals surface area contributed by atoms with Gasteiger partial charge >= 0.3 is 5.97 Å². The quantitative estimate of drug-likeness (QED) is 0.831. The summed E-state index contributed by atoms with van der Waals surface area (Å²) >= 11 is 0. The second kappa shape index (κ2) is 6.44. The van der Waals surface area contributed by atoms with Crippen LogP contribution in [0.15, 0.2) is 37.1 Å². The lowest BCUT2D eigenvalue weighted by molar-refractivity contribution is -0.150. The smallest absolute Gasteiger partial charge is 0.312 e. The molecule has 1 amide bonds. The first kappa shape index (κ1) is 16.6. The summed E-state index contributed by atoms with van der Waals surface area (Å²) in [6.07, 6.45) is 8.34. The Kier molecular flexibility index (Phi) is 4.10. The van der Waals surface area contributed by atoms with Crippen LogP contribution in [0.2, 0.25) is 0 Å². The zero-order chi connectivity index (χ0) is 18.1. The van der Waals surface area contributed by atoms with Crippen LogP contribution in [-0.4, -0.2) is 55.6 Å². The van der Waals surface area contributed by atoms with E-state index in [1.165, 1.54) is 12.3 Å². The van der Waals surface area contributed by atoms with Gasteiger partial charge in [0.05, 0.1) is 18.3 Å². The van der Waals surface area contributed by atoms with Crippen molar-refractivity contribution in [1.29, 1.82) is 0 Å². The third kappa shape index (κ3) is 2.91. The topological polar surface area (TPSA) is 97.6 Å². The van der Waals surface area contributed by atoms with Crippen molar-refractivity contribution in [1.82, 2.24) is 19.4 Å². The van der Waals surface area contributed by atoms with Gasteiger partial charge in [-0.25, -0.2) is 9.97 Å². The van der Waals surface area contributed by atoms with Gasteiger partial charge in [-0.1, -0.05) is 0 Å². The number of ether oxygens (including phenoxy) is 1. The Bertz CT molecular complexity index is 812. The molecular weight excluding hydrogens is 336 g/mol. The number of cyclic esters (lactones) is 1. The van der Waals surface area contributed by atoms with Gasteiger partial charge in [0, 0.05) is 38.1 Å². The molecule has 2 saturated heterocycles. The first-order valence-electron chi connectivity index (χ1n) is 8.67. The highest BCUT2D eigenvalue weighted by Crippen LogP contribution is 2.43. The molecule has 4 rings (SSSR count). The van der Waals surface area contributed by atoms with E-state index in [0.717, 1.165) is 0 Å². The summed E-state index contributed by atoms with van der Waals surface area (Å²) in [5.41, 5.74) is -0.468. The van der Waals surface area contributed by atoms with E-state index in [-0.39, 0.29) is 29.4 Å². The van der Waals surface area contributed by atoms with E-state index in [4.69, 9.17) is 4.74 Å². The maximum absolute atomic E-state index is 12.6. The van der Waals surface area contributed by atoms with Crippen LogP contribution >= 0.6 is 0 Å². The first-order chi connectivity index (χ1) is 12.6. The third-order valence-electron chi connectivity index (χ3n) is 5.30. The fraction of sp³-hybridized carbons (Fsp3) is 0.444. The van der Waals surface area contributed by atoms with Crippen LogP contribution in [0.3, 0.4) is 0 Å². The number of nitrogens with zero attached hydrogens (tertiary/aromatic N) is 4. The summed E-state index contributed by atoms with van der Waals surface area (Å²) in [6.45, 7) is 1.49. The van der Waals surface area contributed by atoms with Gasteiger partial charge in [-0.3, -0.25) is 9.59 Å². The van der Waals surface area contributed by atoms with E-state index < -0.39 is 5.41 Å². The molecule has 2 fully saturated rings. The predicted octanol–water partition coefficient (Wildman–Crippen LogP) is 1.22. The van der Waals surface area contributed by atoms with Crippen molar-refractivity contribution in [2.75, 3.05) is 13.1 Å². The molecule has 1 N–H and O–H groups in total. The molecule has 8 heteroatoms. The Labute approximate surface area is 150 Å². The molecule has 136 valence electrons. The average Bonchev–Trinajstić information content (AvgIpc) is 3.24. The summed E-state index contributed by atoms with van der Waals surface area (Å²) in [6, 6.07) is 3.02. The number of likely N-dealkylation sites (tertiary alicyclic amines) is 1. The van der Waals surface area contributed by atoms with Crippen LogP contribution in [-0.2, 0) is 16.1 Å². The van der Waals surface area contributed by atoms with Crippen molar-refractivity contribution >= 4 is 11.9 Å². The summed E-state index contributed by atoms with van der Waals surface area (Å²) in [7, 11) is 0. The van der Waals surface area contributed by atoms with Gasteiger partial charge in [0.2, 0.25) is 0 Å². The van der Waals surface area contributed by atoms with Crippen molar-refractivity contribution in [3.05, 3.63) is 42.7 Å². The Morgan fingerprint density at radius 3 is 2.85 bits per heavy atom. The average molecular weight is 356 g/mol. The molecule has 4 heterocycles. The van der Waals surface area contributed by atoms with Gasteiger partial charge in [-0.15, -0.1) is 0 Å². The van der Waals surface area contributed by atoms with E-state index in [2.05, 4.69) is 9.97 Å². The van der Waals surface area contributed by atoms with Crippen LogP contribution in [0.5, 0.6) is 5.75 Å². The molecule has 1 spiro atoms. The summed E-state index contributed by atoms with van der Waals surface area (Å²) in [5, 5.41) is 9.82. The predicted molar refractivity (Wildman–Crippen MR) is 90.2 cm³/mol. The highest BCUT2D eigenvalue weighted by molar-refractivity contribution is 5.95. The van der Waals surface area contributed by atoms with Crippen molar-refractivity contribution in [2.45, 2.75) is 31.9 Å². The number of carbonyl (C=O) groups excluding carboxylic acids is 2. The van der Waals surface area contributed by atoms with Crippen LogP contribution in [0.4, 0.5) is 0 Å². The fourth-order valence-corrected chi connectivity index (χ4v) is 3.83. The molecule has 2 aliphatic heterocycles. The van der Waals surface area contributed by atoms with E-state index in [1.807, 2.05) is 10.8 Å². The Morgan fingerprint density at radius 1 is 1.35 bits per heavy atom. The van der Waals surface area contributed by atoms with Crippen molar-refractivity contribution in [3.63, 3.8) is 0 Å². The number of imidazole rings is 1. The lowest BCUT2D eigenvalue weighted by Crippen LogP contribution is -2.45. The number of rotatable bonds is 3. The van der Waals surface area contributed by atoms with Gasteiger partial charge in [-0.05, 0) is 25.0 Å². The number of aromatic nitrogens is 3. The molecule has 2 aliphatic rings. The Morgan fingerprint density at radius 2 is 2.15 bits per heavy atom. The van der Waals surface area contributed by atoms with E-state index in [0.29, 0.717) is 38.9 Å². The minimum atomic E-state index is -0.520. The van der Waals surface area contributed by atoms with Crippen molar-refractivity contribution in [2.24, 2.45) is 5.41 Å². The zero-order valence-corrected chi connectivity index (χ0v) is 14.2. The van der Waals surface area contributed by atoms with E-state index in [1.54, 1.807) is 23.5 Å². The fourth-order valence-electron chi connectivity index (χ4n) is 3.83. The summed E-state index contributed by atoms with van der Waals surface area (Å²) < 4.78 is 7.49. The van der Waals surface area contributed by atoms with Crippen LogP contribution in [0.1, 0.15) is 29.8 Å². The minimum Gasteiger partial charge on any atom is -0.505 e. The van der Waals surface area contributed by atoms with Crippen LogP contribution in [0.25, 0.3) is 0 Å². The van der Waals surface area contributed by atoms with Gasteiger partial charge in [-0.2, -0.15) is 0 Å². The molecular formula is C18H20N4O4. The Hall–Kier alpha value is -2.90. The highest BCUT2D eigenvalue weighted by atomic mass is 16.6. The number of hydrogen-bond acceptors (Lipinski definition) is 6. The SMILES string of the molecule is O=C(c1ncccc1O)N1CCC2(CC1)CC(Cn1ccnc1)OC2=O. The highest BCUT2D eigenvalue weighted by Gasteiger charge is 2.51. The molecule has 0 radical (unpaired) electrons. The number of carbonyl (C=O) groups is 2. The maximum Gasteiger partial charge on any atom is 0.312 e. The molecule has 1 atom stereocenters. The molecule has 2 aromatic heterocycles. The lowest BCUT2D eigenvalue weighted by Gasteiger charge is -2.36. The number of hydrogen-bond donors (Lipinski definition) is 1. The second-order valence-electron chi connectivity index (χ2n) is 6.93. The van der Waals surface area contributed by atoms with E-state index in [9.17, 15) is 14.7 Å². The normalized spacial score (nSPS) is 21.8. The number of esters is 1. The second-order valence-corrected chi connectivity index (χ2v) is 6.93. The monoisotopic (exact) mass is 356 g/mol. The molecule has 0 saturated carbocycles. The van der Waals surface area contributed by atoms with Crippen molar-refractivity contribution in [3.8, 4) is 5.75 Å². The van der Waals surface area contributed by atoms with Crippen LogP contribution in [0, 0.1) is 5.41 Å². The number of piperidine rings is 1. The molecule has 8 nitrogen and oxygen atoms in total. The molecule has 1 unspecified atom stereocenters. The Balaban J connectivity index is 1.40. The molecule has 0 bridgehead atoms. The van der Waals surface area contributed by atoms with Gasteiger partial charge in [0.25, 0.3) is 5.91 Å². The van der Waals surface area contributed by atoms with Gasteiger partial charge in [0.1, 0.15) is 11.9 Å². The molecule has 0 aromatic carbocycles. The summed E-state index contributed by atoms with van der Waals surface area (Å²) in [5.74, 6) is -0.604. The van der Waals surface area contributed by atoms with Gasteiger partial charge in [0.15, 0.2) is 5.69 Å². The maximum atomic E-state index is 12.6. The standard InChI is InChI=1S/C18H20N4O4/c23-14-2-1-5-20-15(14)16(24)22-7-3-18(4-8-22)10-13(26-17(18)25)11-21-9-6-19-12-21/h1-2,5-6,9,12-13,23H,3-4,7-8,10-11H2. The van der Waals surface area contributed by atoms with E-state index >= 15 is 0 Å². The number of aromatic hydroxyl groups is 1. The first-order valence-corrected chi connectivity index (χ1v) is 8.67. The number of pyridine rings is 1. The van der Waals surface area contributed by atoms with Gasteiger partial charge < -0.3 is 19.3 Å². The zero-order valence-electron chi connectivity index (χ0n) is 14.2.